The second-order valence-electron chi connectivity index (χ2n) is 4.60. The van der Waals surface area contributed by atoms with Crippen molar-refractivity contribution in [2.24, 2.45) is 5.41 Å². The molecule has 0 fully saturated rings. The fourth-order valence-electron chi connectivity index (χ4n) is 1.26. The molecule has 1 aromatic rings. The number of hydrogen-bond acceptors (Lipinski definition) is 4. The second-order valence-corrected chi connectivity index (χ2v) is 5.34. The van der Waals surface area contributed by atoms with Gasteiger partial charge in [0, 0.05) is 20.3 Å². The van der Waals surface area contributed by atoms with Crippen LogP contribution in [0, 0.1) is 5.41 Å². The molecule has 1 aromatic heterocycles. The predicted molar refractivity (Wildman–Crippen MR) is 70.8 cm³/mol. The molecule has 0 radical (unpaired) electrons. The van der Waals surface area contributed by atoms with Crippen LogP contribution in [-0.4, -0.2) is 30.2 Å². The summed E-state index contributed by atoms with van der Waals surface area (Å²) in [6.45, 7) is 5.77. The van der Waals surface area contributed by atoms with Crippen LogP contribution in [0.5, 0.6) is 0 Å². The lowest BCUT2D eigenvalue weighted by molar-refractivity contribution is 0.157. The second kappa shape index (κ2) is 6.38. The fraction of sp³-hybridized carbons (Fsp3) is 0.636. The zero-order valence-corrected chi connectivity index (χ0v) is 11.8. The Morgan fingerprint density at radius 2 is 2.12 bits per heavy atom. The van der Waals surface area contributed by atoms with Crippen LogP contribution in [0.25, 0.3) is 0 Å². The Kier molecular flexibility index (Phi) is 5.43. The number of nitrogens with one attached hydrogen (secondary N) is 1. The number of methoxy groups -OCH3 is 1. The van der Waals surface area contributed by atoms with Crippen LogP contribution in [0.3, 0.4) is 0 Å². The van der Waals surface area contributed by atoms with Crippen molar-refractivity contribution in [1.82, 2.24) is 9.97 Å². The highest BCUT2D eigenvalue weighted by Crippen LogP contribution is 2.24. The van der Waals surface area contributed by atoms with E-state index in [9.17, 15) is 0 Å². The van der Waals surface area contributed by atoms with E-state index in [4.69, 9.17) is 27.9 Å². The maximum absolute atomic E-state index is 5.96. The standard InChI is InChI=1S/C11H17Cl2N3O/c1-11(2,4-5-17-3)7-15-9-8(12)6-14-10(13)16-9/h6H,4-5,7H2,1-3H3,(H,14,15,16). The summed E-state index contributed by atoms with van der Waals surface area (Å²) in [5.74, 6) is 0.567. The normalized spacial score (nSPS) is 11.6. The molecule has 1 N–H and O–H groups in total. The lowest BCUT2D eigenvalue weighted by Crippen LogP contribution is -2.25. The summed E-state index contributed by atoms with van der Waals surface area (Å²) in [5.41, 5.74) is 0.0940. The number of anilines is 1. The van der Waals surface area contributed by atoms with Gasteiger partial charge in [-0.25, -0.2) is 4.98 Å². The number of hydrogen-bond donors (Lipinski definition) is 1. The monoisotopic (exact) mass is 277 g/mol. The molecule has 0 aliphatic carbocycles. The van der Waals surface area contributed by atoms with E-state index in [0.717, 1.165) is 19.6 Å². The molecular formula is C11H17Cl2N3O. The maximum atomic E-state index is 5.96. The van der Waals surface area contributed by atoms with Crippen LogP contribution in [0.15, 0.2) is 6.20 Å². The van der Waals surface area contributed by atoms with E-state index in [1.54, 1.807) is 7.11 Å². The van der Waals surface area contributed by atoms with Crippen molar-refractivity contribution in [3.63, 3.8) is 0 Å². The van der Waals surface area contributed by atoms with Crippen molar-refractivity contribution in [2.75, 3.05) is 25.6 Å². The van der Waals surface area contributed by atoms with Gasteiger partial charge in [0.05, 0.1) is 6.20 Å². The Bertz CT molecular complexity index is 372. The van der Waals surface area contributed by atoms with Crippen LogP contribution in [0.1, 0.15) is 20.3 Å². The third kappa shape index (κ3) is 5.06. The smallest absolute Gasteiger partial charge is 0.224 e. The number of rotatable bonds is 6. The predicted octanol–water partition coefficient (Wildman–Crippen LogP) is 3.26. The van der Waals surface area contributed by atoms with Crippen molar-refractivity contribution < 1.29 is 4.74 Å². The van der Waals surface area contributed by atoms with E-state index in [-0.39, 0.29) is 10.7 Å². The molecule has 1 rings (SSSR count). The Balaban J connectivity index is 2.57. The van der Waals surface area contributed by atoms with Crippen LogP contribution in [0.4, 0.5) is 5.82 Å². The summed E-state index contributed by atoms with van der Waals surface area (Å²) >= 11 is 11.7. The highest BCUT2D eigenvalue weighted by atomic mass is 35.5. The zero-order chi connectivity index (χ0) is 12.9. The Labute approximate surface area is 112 Å². The molecule has 0 saturated heterocycles. The number of aromatic nitrogens is 2. The molecule has 0 atom stereocenters. The van der Waals surface area contributed by atoms with Gasteiger partial charge in [0.15, 0.2) is 0 Å². The molecule has 0 aliphatic heterocycles. The lowest BCUT2D eigenvalue weighted by Gasteiger charge is -2.25. The maximum Gasteiger partial charge on any atom is 0.224 e. The van der Waals surface area contributed by atoms with E-state index in [1.807, 2.05) is 0 Å². The Morgan fingerprint density at radius 1 is 1.41 bits per heavy atom. The van der Waals surface area contributed by atoms with Gasteiger partial charge in [0.2, 0.25) is 5.28 Å². The number of ether oxygens (including phenoxy) is 1. The topological polar surface area (TPSA) is 47.0 Å². The van der Waals surface area contributed by atoms with Crippen molar-refractivity contribution in [2.45, 2.75) is 20.3 Å². The first-order chi connectivity index (χ1) is 7.94. The quantitative estimate of drug-likeness (QED) is 0.811. The van der Waals surface area contributed by atoms with E-state index < -0.39 is 0 Å². The third-order valence-corrected chi connectivity index (χ3v) is 2.89. The first-order valence-electron chi connectivity index (χ1n) is 5.35. The minimum absolute atomic E-state index is 0.0940. The molecule has 1 heterocycles. The van der Waals surface area contributed by atoms with Gasteiger partial charge in [-0.3, -0.25) is 0 Å². The van der Waals surface area contributed by atoms with Gasteiger partial charge >= 0.3 is 0 Å². The fourth-order valence-corrected chi connectivity index (χ4v) is 1.55. The third-order valence-electron chi connectivity index (χ3n) is 2.43. The molecule has 6 heteroatoms. The molecule has 0 saturated carbocycles. The van der Waals surface area contributed by atoms with Gasteiger partial charge in [0.1, 0.15) is 10.8 Å². The van der Waals surface area contributed by atoms with Gasteiger partial charge < -0.3 is 10.1 Å². The average Bonchev–Trinajstić information content (AvgIpc) is 2.28. The Morgan fingerprint density at radius 3 is 2.76 bits per heavy atom. The Hall–Kier alpha value is -0.580. The summed E-state index contributed by atoms with van der Waals surface area (Å²) in [6.07, 6.45) is 2.44. The lowest BCUT2D eigenvalue weighted by atomic mass is 9.90. The highest BCUT2D eigenvalue weighted by molar-refractivity contribution is 6.33. The summed E-state index contributed by atoms with van der Waals surface area (Å²) in [4.78, 5) is 7.83. The molecular weight excluding hydrogens is 261 g/mol. The zero-order valence-electron chi connectivity index (χ0n) is 10.3. The van der Waals surface area contributed by atoms with E-state index in [1.165, 1.54) is 6.20 Å². The molecule has 0 spiro atoms. The van der Waals surface area contributed by atoms with Gasteiger partial charge in [-0.05, 0) is 23.4 Å². The van der Waals surface area contributed by atoms with Crippen LogP contribution in [-0.2, 0) is 4.74 Å². The van der Waals surface area contributed by atoms with Gasteiger partial charge in [-0.2, -0.15) is 4.98 Å². The summed E-state index contributed by atoms with van der Waals surface area (Å²) in [7, 11) is 1.70. The molecule has 4 nitrogen and oxygen atoms in total. The molecule has 0 unspecified atom stereocenters. The summed E-state index contributed by atoms with van der Waals surface area (Å²) in [6, 6.07) is 0. The van der Waals surface area contributed by atoms with Crippen LogP contribution >= 0.6 is 23.2 Å². The van der Waals surface area contributed by atoms with Crippen molar-refractivity contribution >= 4 is 29.0 Å². The highest BCUT2D eigenvalue weighted by Gasteiger charge is 2.18. The molecule has 96 valence electrons. The summed E-state index contributed by atoms with van der Waals surface area (Å²) in [5, 5.41) is 3.84. The van der Waals surface area contributed by atoms with Crippen LogP contribution in [0.2, 0.25) is 10.3 Å². The molecule has 0 amide bonds. The molecule has 0 aliphatic rings. The van der Waals surface area contributed by atoms with Gasteiger partial charge in [0.25, 0.3) is 0 Å². The SMILES string of the molecule is COCCC(C)(C)CNc1nc(Cl)ncc1Cl. The minimum Gasteiger partial charge on any atom is -0.385 e. The van der Waals surface area contributed by atoms with Crippen molar-refractivity contribution in [1.29, 1.82) is 0 Å². The molecule has 17 heavy (non-hydrogen) atoms. The first-order valence-corrected chi connectivity index (χ1v) is 6.11. The number of halogens is 2. The first kappa shape index (κ1) is 14.5. The van der Waals surface area contributed by atoms with Crippen molar-refractivity contribution in [3.05, 3.63) is 16.5 Å². The largest absolute Gasteiger partial charge is 0.385 e. The van der Waals surface area contributed by atoms with E-state index >= 15 is 0 Å². The van der Waals surface area contributed by atoms with Crippen molar-refractivity contribution in [3.8, 4) is 0 Å². The van der Waals surface area contributed by atoms with Gasteiger partial charge in [-0.15, -0.1) is 0 Å². The van der Waals surface area contributed by atoms with E-state index in [0.29, 0.717) is 10.8 Å². The average molecular weight is 278 g/mol. The van der Waals surface area contributed by atoms with E-state index in [2.05, 4.69) is 29.1 Å². The summed E-state index contributed by atoms with van der Waals surface area (Å²) < 4.78 is 5.07. The van der Waals surface area contributed by atoms with Crippen LogP contribution < -0.4 is 5.32 Å². The molecule has 0 bridgehead atoms. The number of nitrogens with zero attached hydrogens (tertiary/aromatic N) is 2. The molecule has 0 aromatic carbocycles. The minimum atomic E-state index is 0.0940. The van der Waals surface area contributed by atoms with Gasteiger partial charge in [-0.1, -0.05) is 25.4 Å².